The second-order valence-corrected chi connectivity index (χ2v) is 37.8. The lowest BCUT2D eigenvalue weighted by atomic mass is 10.0. The molecule has 12 aromatic rings. The summed E-state index contributed by atoms with van der Waals surface area (Å²) in [5.41, 5.74) is 13.6. The number of allylic oxidation sites excluding steroid dienone is 4. The third kappa shape index (κ3) is 62.5. The minimum absolute atomic E-state index is 0. The molecule has 16 rings (SSSR count). The minimum Gasteiger partial charge on any atom is -0.348 e. The molecule has 0 atom stereocenters. The summed E-state index contributed by atoms with van der Waals surface area (Å²) in [6.07, 6.45) is 49.5. The Morgan fingerprint density at radius 3 is 1.14 bits per heavy atom. The van der Waals surface area contributed by atoms with Crippen molar-refractivity contribution in [1.82, 2.24) is 84.8 Å². The van der Waals surface area contributed by atoms with Gasteiger partial charge in [0.05, 0.1) is 42.9 Å². The molecule has 0 amide bonds. The fourth-order valence-corrected chi connectivity index (χ4v) is 11.5. The minimum atomic E-state index is 0. The van der Waals surface area contributed by atoms with Gasteiger partial charge in [0.1, 0.15) is 23.8 Å². The second-order valence-electron chi connectivity index (χ2n) is 36.9. The summed E-state index contributed by atoms with van der Waals surface area (Å²) in [6, 6.07) is 40.8. The molecule has 4 aliphatic rings. The molecule has 15 heterocycles. The van der Waals surface area contributed by atoms with Crippen molar-refractivity contribution in [1.29, 1.82) is 0 Å². The van der Waals surface area contributed by atoms with E-state index in [2.05, 4.69) is 380 Å². The van der Waals surface area contributed by atoms with E-state index in [0.29, 0.717) is 94.8 Å². The van der Waals surface area contributed by atoms with E-state index < -0.39 is 0 Å². The van der Waals surface area contributed by atoms with Crippen molar-refractivity contribution < 1.29 is 0 Å². The predicted molar refractivity (Wildman–Crippen MR) is 591 cm³/mol. The number of aromatic nitrogens is 17. The summed E-state index contributed by atoms with van der Waals surface area (Å²) < 4.78 is 2.06. The highest BCUT2D eigenvalue weighted by Crippen LogP contribution is 2.20. The quantitative estimate of drug-likeness (QED) is 0.0941. The fourth-order valence-electron chi connectivity index (χ4n) is 10.8. The van der Waals surface area contributed by atoms with E-state index in [1.165, 1.54) is 44.2 Å². The number of nitrogens with one attached hydrogen (secondary N) is 1. The standard InChI is InChI=1S/C9H12.4C8H11N.4C7H10N2.3C7H11N.3C6H10N2.C6H9NS.CH4/c1-8(2)9-6-4-3-5-7-9;1-7(2)8-3-5-9-6-4-8;3*1-7(2)8-5-3-4-6-9-8;1-6(2)7-3-8-5-9-4-7;1-6(2)7-3-4-8-9-5-7;1-6(2)7-8-4-3-5-9-7;1-6(2)7-4-3-5-8-9-7;1-6(2)7-3-4-8-5-7;2*1-6(2)7-4-3-5-8-7;1-6(2)8-4-3-7-5-8;3*1-5(2)6-7-3-4-8-6;/h3-8H,1-2H3;4*3-7H,1-2H3;4*3-6H,1-2H3;3,5-6H,4H2,1-2H3;4-6H,3H2,1-2H3;3-4,6H,5H2,1-2H3;3-6H,1-2H3;3,5H,4H2,1-2H3;3-5H,1-2H3,(H,7,8);3-5H,1-2H3;1H4. The number of rotatable bonds is 16. The molecule has 0 spiro atoms. The van der Waals surface area contributed by atoms with Crippen molar-refractivity contribution >= 4 is 41.5 Å². The summed E-state index contributed by atoms with van der Waals surface area (Å²) in [5.74, 6) is 11.4. The van der Waals surface area contributed by atoms with Crippen LogP contribution in [-0.2, 0) is 0 Å². The fraction of sp³-hybridized carbons (Fsp3) is 0.461. The van der Waals surface area contributed by atoms with Crippen LogP contribution in [0.4, 0.5) is 0 Å². The van der Waals surface area contributed by atoms with Crippen molar-refractivity contribution in [3.8, 4) is 0 Å². The number of H-pyrrole nitrogens is 1. The Morgan fingerprint density at radius 2 is 0.884 bits per heavy atom. The van der Waals surface area contributed by atoms with Gasteiger partial charge in [-0.2, -0.15) is 20.4 Å². The number of hydrogen-bond acceptors (Lipinski definition) is 21. The Hall–Kier alpha value is -12.2. The first-order valence-electron chi connectivity index (χ1n) is 48.7. The van der Waals surface area contributed by atoms with Gasteiger partial charge in [-0.05, 0) is 186 Å². The van der Waals surface area contributed by atoms with Gasteiger partial charge >= 0.3 is 0 Å². The lowest BCUT2D eigenvalue weighted by Crippen LogP contribution is -2.00. The zero-order valence-electron chi connectivity index (χ0n) is 89.0. The Morgan fingerprint density at radius 1 is 0.348 bits per heavy atom. The highest BCUT2D eigenvalue weighted by Gasteiger charge is 2.09. The molecule has 0 fully saturated rings. The molecule has 1 aromatic carbocycles. The molecule has 23 heteroatoms. The topological polar surface area (TPSA) is 276 Å². The molecule has 0 saturated heterocycles. The number of aliphatic imine (C=N–C) groups is 5. The average Bonchev–Trinajstić information content (AvgIpc) is 1.57. The Bertz CT molecular complexity index is 4190. The van der Waals surface area contributed by atoms with Crippen LogP contribution in [0.2, 0.25) is 0 Å². The smallest absolute Gasteiger partial charge is 0.130 e. The van der Waals surface area contributed by atoms with Crippen LogP contribution >= 0.6 is 11.3 Å². The number of thiazole rings is 1. The largest absolute Gasteiger partial charge is 0.348 e. The van der Waals surface area contributed by atoms with Gasteiger partial charge in [-0.1, -0.05) is 282 Å². The first kappa shape index (κ1) is 126. The maximum Gasteiger partial charge on any atom is 0.130 e. The van der Waals surface area contributed by atoms with E-state index in [-0.39, 0.29) is 7.43 Å². The number of pyridine rings is 4. The van der Waals surface area contributed by atoms with Crippen molar-refractivity contribution in [2.75, 3.05) is 19.6 Å². The van der Waals surface area contributed by atoms with Gasteiger partial charge in [-0.3, -0.25) is 39.9 Å². The monoisotopic (exact) mass is 1890 g/mol. The summed E-state index contributed by atoms with van der Waals surface area (Å²) in [7, 11) is 0. The van der Waals surface area contributed by atoms with Crippen LogP contribution in [0.15, 0.2) is 305 Å². The van der Waals surface area contributed by atoms with Gasteiger partial charge < -0.3 is 9.55 Å². The van der Waals surface area contributed by atoms with E-state index in [4.69, 9.17) is 0 Å². The lowest BCUT2D eigenvalue weighted by Gasteiger charge is -2.02. The van der Waals surface area contributed by atoms with E-state index in [9.17, 15) is 0 Å². The third-order valence-corrected chi connectivity index (χ3v) is 20.6. The molecule has 0 bridgehead atoms. The predicted octanol–water partition coefficient (Wildman–Crippen LogP) is 30.4. The molecule has 22 nitrogen and oxygen atoms in total. The summed E-state index contributed by atoms with van der Waals surface area (Å²) in [5, 5.41) is 18.4. The molecule has 0 radical (unpaired) electrons. The van der Waals surface area contributed by atoms with Crippen LogP contribution < -0.4 is 0 Å². The first-order valence-corrected chi connectivity index (χ1v) is 49.6. The van der Waals surface area contributed by atoms with Gasteiger partial charge in [0.25, 0.3) is 0 Å². The van der Waals surface area contributed by atoms with E-state index in [1.54, 1.807) is 61.0 Å². The normalized spacial score (nSPS) is 11.8. The Kier molecular flexibility index (Phi) is 70.9. The number of nitrogens with zero attached hydrogens (tertiary/aromatic N) is 21. The molecule has 748 valence electrons. The van der Waals surface area contributed by atoms with Crippen LogP contribution in [0, 0.1) is 23.7 Å². The number of aromatic amines is 1. The molecule has 0 aliphatic carbocycles. The van der Waals surface area contributed by atoms with E-state index >= 15 is 0 Å². The molecule has 1 N–H and O–H groups in total. The van der Waals surface area contributed by atoms with Gasteiger partial charge in [0.2, 0.25) is 0 Å². The molecule has 4 aliphatic heterocycles. The van der Waals surface area contributed by atoms with Gasteiger partial charge in [-0.15, -0.1) is 11.3 Å². The molecule has 138 heavy (non-hydrogen) atoms. The van der Waals surface area contributed by atoms with Crippen molar-refractivity contribution in [2.24, 2.45) is 48.6 Å². The maximum absolute atomic E-state index is 4.24. The van der Waals surface area contributed by atoms with Crippen LogP contribution in [0.3, 0.4) is 0 Å². The van der Waals surface area contributed by atoms with Crippen LogP contribution in [0.1, 0.15) is 368 Å². The van der Waals surface area contributed by atoms with Crippen LogP contribution in [0.5, 0.6) is 0 Å². The second kappa shape index (κ2) is 77.8. The molecule has 0 unspecified atom stereocenters. The Labute approximate surface area is 837 Å². The SMILES string of the molecule is C.CC(C)C1=CCC=N1.CC(C)C1=CCN=C1.CC(C)C1=NCC=C1.CC(C)C1=NCC=N1.CC(C)c1ccccc1.CC(C)c1ccccn1.CC(C)c1ccccn1.CC(C)c1ccccn1.CC(C)c1cccnn1.CC(C)c1ccncc1.CC(C)c1ccnnc1.CC(C)c1cncnc1.CC(C)c1ncc[nH]1.CC(C)c1ncccn1.CC(C)c1nccs1.CC(C)n1ccnc1. The lowest BCUT2D eigenvalue weighted by molar-refractivity contribution is 0.600. The van der Waals surface area contributed by atoms with Gasteiger partial charge in [0, 0.05) is 188 Å². The highest BCUT2D eigenvalue weighted by atomic mass is 32.1. The molecular weight excluding hydrogens is 1720 g/mol. The van der Waals surface area contributed by atoms with Gasteiger partial charge in [0.15, 0.2) is 0 Å². The summed E-state index contributed by atoms with van der Waals surface area (Å²) in [6.45, 7) is 71.0. The third-order valence-electron chi connectivity index (χ3n) is 19.6. The number of benzene rings is 1. The van der Waals surface area contributed by atoms with Crippen LogP contribution in [-0.4, -0.2) is 135 Å². The average molecular weight is 1890 g/mol. The number of amidine groups is 1. The summed E-state index contributed by atoms with van der Waals surface area (Å²) in [4.78, 5) is 68.2. The zero-order valence-corrected chi connectivity index (χ0v) is 89.8. The van der Waals surface area contributed by atoms with Crippen molar-refractivity contribution in [2.45, 2.75) is 307 Å². The first-order chi connectivity index (χ1) is 65.4. The van der Waals surface area contributed by atoms with Crippen molar-refractivity contribution in [3.05, 3.63) is 342 Å². The molecule has 0 saturated carbocycles. The number of hydrogen-bond donors (Lipinski definition) is 1. The van der Waals surface area contributed by atoms with Crippen molar-refractivity contribution in [3.63, 3.8) is 0 Å². The molecular formula is C115H172N22S. The maximum atomic E-state index is 4.24. The Balaban J connectivity index is 0.00000145. The zero-order chi connectivity index (χ0) is 102. The van der Waals surface area contributed by atoms with Gasteiger partial charge in [-0.25, -0.2) is 39.9 Å². The van der Waals surface area contributed by atoms with E-state index in [0.717, 1.165) is 66.3 Å². The molecule has 11 aromatic heterocycles. The van der Waals surface area contributed by atoms with E-state index in [1.807, 2.05) is 189 Å². The van der Waals surface area contributed by atoms with Crippen LogP contribution in [0.25, 0.3) is 0 Å². The highest BCUT2D eigenvalue weighted by molar-refractivity contribution is 7.09. The summed E-state index contributed by atoms with van der Waals surface area (Å²) >= 11 is 1.72. The number of imidazole rings is 2.